The number of pyridine rings is 1. The maximum absolute atomic E-state index is 13.4. The number of anilines is 2. The van der Waals surface area contributed by atoms with E-state index in [-0.39, 0.29) is 16.8 Å². The molecule has 1 saturated carbocycles. The molecule has 3 aromatic rings. The quantitative estimate of drug-likeness (QED) is 0.659. The molecule has 1 fully saturated rings. The Bertz CT molecular complexity index is 1050. The summed E-state index contributed by atoms with van der Waals surface area (Å²) in [6.45, 7) is 0. The summed E-state index contributed by atoms with van der Waals surface area (Å²) in [7, 11) is 1.72. The van der Waals surface area contributed by atoms with Crippen LogP contribution in [-0.2, 0) is 7.05 Å². The van der Waals surface area contributed by atoms with Crippen LogP contribution in [0.1, 0.15) is 52.7 Å². The van der Waals surface area contributed by atoms with E-state index >= 15 is 0 Å². The Morgan fingerprint density at radius 3 is 2.69 bits per heavy atom. The smallest absolute Gasteiger partial charge is 0.261 e. The zero-order valence-corrected chi connectivity index (χ0v) is 16.7. The molecule has 0 spiro atoms. The Hall–Kier alpha value is -2.93. The minimum absolute atomic E-state index is 0.0573. The molecular formula is C21H21ClFN5O. The van der Waals surface area contributed by atoms with Crippen LogP contribution < -0.4 is 11.1 Å². The number of amides is 1. The van der Waals surface area contributed by atoms with Crippen LogP contribution in [0.15, 0.2) is 42.7 Å². The minimum Gasteiger partial charge on any atom is -0.383 e. The minimum atomic E-state index is -0.542. The summed E-state index contributed by atoms with van der Waals surface area (Å²) >= 11 is 5.82. The second-order valence-corrected chi connectivity index (χ2v) is 7.75. The van der Waals surface area contributed by atoms with Gasteiger partial charge in [0, 0.05) is 31.0 Å². The molecule has 1 amide bonds. The first-order valence-corrected chi connectivity index (χ1v) is 9.80. The van der Waals surface area contributed by atoms with Crippen molar-refractivity contribution in [3.05, 3.63) is 70.4 Å². The second kappa shape index (κ2) is 7.83. The third kappa shape index (κ3) is 3.82. The lowest BCUT2D eigenvalue weighted by Gasteiger charge is -2.12. The molecule has 29 heavy (non-hydrogen) atoms. The molecule has 1 aliphatic carbocycles. The number of carbonyl (C=O) groups excluding carboxylic acids is 1. The van der Waals surface area contributed by atoms with Crippen molar-refractivity contribution in [2.45, 2.75) is 31.1 Å². The van der Waals surface area contributed by atoms with Gasteiger partial charge in [-0.25, -0.2) is 4.39 Å². The van der Waals surface area contributed by atoms with Gasteiger partial charge in [0.2, 0.25) is 0 Å². The summed E-state index contributed by atoms with van der Waals surface area (Å²) in [6, 6.07) is 8.11. The van der Waals surface area contributed by atoms with E-state index in [0.717, 1.165) is 19.3 Å². The van der Waals surface area contributed by atoms with Gasteiger partial charge in [-0.1, -0.05) is 11.6 Å². The lowest BCUT2D eigenvalue weighted by atomic mass is 9.94. The molecule has 2 unspecified atom stereocenters. The third-order valence-electron chi connectivity index (χ3n) is 5.52. The molecule has 0 saturated heterocycles. The lowest BCUT2D eigenvalue weighted by Crippen LogP contribution is -2.16. The van der Waals surface area contributed by atoms with Gasteiger partial charge in [-0.2, -0.15) is 5.10 Å². The van der Waals surface area contributed by atoms with Crippen LogP contribution >= 0.6 is 11.6 Å². The third-order valence-corrected chi connectivity index (χ3v) is 5.81. The summed E-state index contributed by atoms with van der Waals surface area (Å²) in [5.41, 5.74) is 8.89. The zero-order valence-electron chi connectivity index (χ0n) is 15.9. The maximum atomic E-state index is 13.4. The zero-order chi connectivity index (χ0) is 20.5. The van der Waals surface area contributed by atoms with Crippen molar-refractivity contribution in [2.24, 2.45) is 7.05 Å². The Balaban J connectivity index is 1.59. The van der Waals surface area contributed by atoms with Gasteiger partial charge in [0.1, 0.15) is 17.2 Å². The van der Waals surface area contributed by atoms with Crippen LogP contribution in [0.5, 0.6) is 0 Å². The van der Waals surface area contributed by atoms with Gasteiger partial charge in [-0.15, -0.1) is 0 Å². The van der Waals surface area contributed by atoms with E-state index in [0.29, 0.717) is 28.7 Å². The molecule has 4 rings (SSSR count). The van der Waals surface area contributed by atoms with Gasteiger partial charge < -0.3 is 11.1 Å². The predicted molar refractivity (Wildman–Crippen MR) is 111 cm³/mol. The number of aryl methyl sites for hydroxylation is 1. The summed E-state index contributed by atoms with van der Waals surface area (Å²) in [6.07, 6.45) is 6.43. The molecule has 0 radical (unpaired) electrons. The first-order chi connectivity index (χ1) is 13.9. The van der Waals surface area contributed by atoms with Crippen LogP contribution in [0.25, 0.3) is 0 Å². The van der Waals surface area contributed by atoms with Crippen LogP contribution in [0, 0.1) is 5.82 Å². The predicted octanol–water partition coefficient (Wildman–Crippen LogP) is 4.49. The van der Waals surface area contributed by atoms with Crippen molar-refractivity contribution in [1.29, 1.82) is 0 Å². The number of halogens is 2. The average molecular weight is 414 g/mol. The fraction of sp³-hybridized carbons (Fsp3) is 0.286. The van der Waals surface area contributed by atoms with E-state index in [1.54, 1.807) is 19.4 Å². The van der Waals surface area contributed by atoms with Crippen molar-refractivity contribution >= 4 is 29.0 Å². The van der Waals surface area contributed by atoms with E-state index < -0.39 is 5.82 Å². The van der Waals surface area contributed by atoms with Crippen molar-refractivity contribution in [2.75, 3.05) is 11.1 Å². The van der Waals surface area contributed by atoms with Crippen molar-refractivity contribution < 1.29 is 9.18 Å². The molecule has 1 aliphatic rings. The topological polar surface area (TPSA) is 85.8 Å². The lowest BCUT2D eigenvalue weighted by molar-refractivity contribution is 0.102. The summed E-state index contributed by atoms with van der Waals surface area (Å²) in [5.74, 6) is -0.0784. The monoisotopic (exact) mass is 413 g/mol. The Labute approximate surface area is 172 Å². The van der Waals surface area contributed by atoms with Gasteiger partial charge in [-0.05, 0) is 61.1 Å². The van der Waals surface area contributed by atoms with Crippen molar-refractivity contribution in [3.8, 4) is 0 Å². The largest absolute Gasteiger partial charge is 0.383 e. The van der Waals surface area contributed by atoms with Crippen LogP contribution in [0.3, 0.4) is 0 Å². The SMILES string of the molecule is Cn1nc(C2CCC(c3ccncc3)C2)c(C(=O)Nc2ccc(F)c(Cl)c2)c1N. The van der Waals surface area contributed by atoms with E-state index in [9.17, 15) is 9.18 Å². The van der Waals surface area contributed by atoms with E-state index in [4.69, 9.17) is 17.3 Å². The number of aromatic nitrogens is 3. The highest BCUT2D eigenvalue weighted by Crippen LogP contribution is 2.44. The van der Waals surface area contributed by atoms with Crippen molar-refractivity contribution in [3.63, 3.8) is 0 Å². The molecule has 150 valence electrons. The molecule has 1 aromatic carbocycles. The summed E-state index contributed by atoms with van der Waals surface area (Å²) in [4.78, 5) is 17.1. The molecule has 3 N–H and O–H groups in total. The number of nitrogens with zero attached hydrogens (tertiary/aromatic N) is 3. The number of nitrogens with two attached hydrogens (primary N) is 1. The van der Waals surface area contributed by atoms with Gasteiger partial charge in [0.05, 0.1) is 10.7 Å². The van der Waals surface area contributed by atoms with E-state index in [1.165, 1.54) is 28.4 Å². The number of nitrogens with one attached hydrogen (secondary N) is 1. The molecule has 2 atom stereocenters. The Morgan fingerprint density at radius 1 is 1.24 bits per heavy atom. The number of nitrogen functional groups attached to an aromatic ring is 1. The van der Waals surface area contributed by atoms with Gasteiger partial charge in [-0.3, -0.25) is 14.5 Å². The van der Waals surface area contributed by atoms with Crippen LogP contribution in [0.2, 0.25) is 5.02 Å². The molecule has 2 heterocycles. The Morgan fingerprint density at radius 2 is 1.97 bits per heavy atom. The second-order valence-electron chi connectivity index (χ2n) is 7.34. The van der Waals surface area contributed by atoms with Crippen molar-refractivity contribution in [1.82, 2.24) is 14.8 Å². The van der Waals surface area contributed by atoms with Gasteiger partial charge in [0.15, 0.2) is 0 Å². The molecule has 6 nitrogen and oxygen atoms in total. The average Bonchev–Trinajstić information content (AvgIpc) is 3.31. The first-order valence-electron chi connectivity index (χ1n) is 9.42. The standard InChI is InChI=1S/C21H21ClFN5O/c1-28-20(24)18(21(29)26-15-4-5-17(23)16(22)11-15)19(27-28)14-3-2-13(10-14)12-6-8-25-9-7-12/h4-9,11,13-14H,2-3,10,24H2,1H3,(H,26,29). The van der Waals surface area contributed by atoms with Gasteiger partial charge >= 0.3 is 0 Å². The first kappa shape index (κ1) is 19.4. The fourth-order valence-corrected chi connectivity index (χ4v) is 4.19. The molecule has 0 bridgehead atoms. The number of benzene rings is 1. The highest BCUT2D eigenvalue weighted by atomic mass is 35.5. The fourth-order valence-electron chi connectivity index (χ4n) is 4.01. The highest BCUT2D eigenvalue weighted by molar-refractivity contribution is 6.31. The summed E-state index contributed by atoms with van der Waals surface area (Å²) < 4.78 is 14.9. The highest BCUT2D eigenvalue weighted by Gasteiger charge is 2.33. The maximum Gasteiger partial charge on any atom is 0.261 e. The molecule has 8 heteroatoms. The molecular weight excluding hydrogens is 393 g/mol. The number of hydrogen-bond acceptors (Lipinski definition) is 4. The van der Waals surface area contributed by atoms with E-state index in [1.807, 2.05) is 12.1 Å². The van der Waals surface area contributed by atoms with E-state index in [2.05, 4.69) is 15.4 Å². The number of hydrogen-bond donors (Lipinski definition) is 2. The van der Waals surface area contributed by atoms with Crippen LogP contribution in [0.4, 0.5) is 15.9 Å². The summed E-state index contributed by atoms with van der Waals surface area (Å²) in [5, 5.41) is 7.25. The molecule has 2 aromatic heterocycles. The number of carbonyl (C=O) groups is 1. The van der Waals surface area contributed by atoms with Crippen LogP contribution in [-0.4, -0.2) is 20.7 Å². The van der Waals surface area contributed by atoms with Gasteiger partial charge in [0.25, 0.3) is 5.91 Å². The normalized spacial score (nSPS) is 18.7. The number of rotatable bonds is 4. The molecule has 0 aliphatic heterocycles. The Kier molecular flexibility index (Phi) is 5.24.